The zero-order chi connectivity index (χ0) is 19.7. The van der Waals surface area contributed by atoms with Crippen LogP contribution in [0.25, 0.3) is 0 Å². The highest BCUT2D eigenvalue weighted by Crippen LogP contribution is 2.36. The number of hydrazine groups is 1. The molecule has 6 nitrogen and oxygen atoms in total. The van der Waals surface area contributed by atoms with Crippen molar-refractivity contribution in [2.45, 2.75) is 31.2 Å². The topological polar surface area (TPSA) is 92.5 Å². The molecule has 0 bridgehead atoms. The molecule has 26 heavy (non-hydrogen) atoms. The van der Waals surface area contributed by atoms with Crippen molar-refractivity contribution >= 4 is 33.2 Å². The first-order valence-electron chi connectivity index (χ1n) is 7.61. The maximum absolute atomic E-state index is 14.6. The summed E-state index contributed by atoms with van der Waals surface area (Å²) in [5.74, 6) is 3.10. The average molecular weight is 400 g/mol. The third-order valence-corrected chi connectivity index (χ3v) is 5.93. The van der Waals surface area contributed by atoms with Crippen LogP contribution >= 0.6 is 11.6 Å². The number of hydrogen-bond donors (Lipinski definition) is 2. The fraction of sp³-hybridized carbons (Fsp3) is 0.235. The van der Waals surface area contributed by atoms with E-state index >= 15 is 0 Å². The number of carbonyl (C=O) groups is 1. The van der Waals surface area contributed by atoms with Crippen LogP contribution in [0.3, 0.4) is 0 Å². The van der Waals surface area contributed by atoms with E-state index in [-0.39, 0.29) is 15.6 Å². The Morgan fingerprint density at radius 2 is 1.73 bits per heavy atom. The van der Waals surface area contributed by atoms with Crippen molar-refractivity contribution in [3.8, 4) is 0 Å². The minimum absolute atomic E-state index is 0.00406. The molecule has 3 N–H and O–H groups in total. The molecule has 0 aliphatic heterocycles. The normalized spacial score (nSPS) is 11.9. The Labute approximate surface area is 156 Å². The van der Waals surface area contributed by atoms with Crippen LogP contribution in [0.15, 0.2) is 47.4 Å². The van der Waals surface area contributed by atoms with Crippen molar-refractivity contribution in [1.82, 2.24) is 5.43 Å². The van der Waals surface area contributed by atoms with Gasteiger partial charge in [0, 0.05) is 5.54 Å². The van der Waals surface area contributed by atoms with Gasteiger partial charge in [-0.05, 0) is 45.0 Å². The van der Waals surface area contributed by atoms with Crippen molar-refractivity contribution < 1.29 is 17.6 Å². The quantitative estimate of drug-likeness (QED) is 0.469. The summed E-state index contributed by atoms with van der Waals surface area (Å²) < 4.78 is 42.0. The number of nitrogen functional groups attached to an aromatic ring is 1. The number of halogens is 2. The first kappa shape index (κ1) is 20.2. The molecule has 0 heterocycles. The first-order valence-corrected chi connectivity index (χ1v) is 9.43. The van der Waals surface area contributed by atoms with Gasteiger partial charge in [-0.15, -0.1) is 0 Å². The molecule has 1 amide bonds. The smallest absolute Gasteiger partial charge is 0.270 e. The van der Waals surface area contributed by atoms with Gasteiger partial charge in [0.2, 0.25) is 0 Å². The monoisotopic (exact) mass is 399 g/mol. The minimum Gasteiger partial charge on any atom is -0.290 e. The largest absolute Gasteiger partial charge is 0.290 e. The minimum atomic E-state index is -4.10. The first-order chi connectivity index (χ1) is 12.0. The van der Waals surface area contributed by atoms with Crippen LogP contribution in [0.5, 0.6) is 0 Å². The molecule has 0 saturated carbocycles. The summed E-state index contributed by atoms with van der Waals surface area (Å²) in [6, 6.07) is 10.1. The molecule has 2 aromatic carbocycles. The number of nitrogens with two attached hydrogens (primary N) is 1. The lowest BCUT2D eigenvalue weighted by Gasteiger charge is -2.37. The van der Waals surface area contributed by atoms with E-state index < -0.39 is 32.9 Å². The van der Waals surface area contributed by atoms with Gasteiger partial charge < -0.3 is 0 Å². The van der Waals surface area contributed by atoms with Gasteiger partial charge in [-0.1, -0.05) is 29.8 Å². The third-order valence-electron chi connectivity index (χ3n) is 3.54. The van der Waals surface area contributed by atoms with E-state index in [0.29, 0.717) is 0 Å². The molecule has 0 radical (unpaired) electrons. The maximum atomic E-state index is 14.6. The molecule has 0 spiro atoms. The molecule has 9 heteroatoms. The molecule has 0 unspecified atom stereocenters. The van der Waals surface area contributed by atoms with Crippen LogP contribution in [0.4, 0.5) is 10.1 Å². The summed E-state index contributed by atoms with van der Waals surface area (Å²) in [5.41, 5.74) is 0.105. The number of rotatable bonds is 4. The zero-order valence-electron chi connectivity index (χ0n) is 14.5. The highest BCUT2D eigenvalue weighted by Gasteiger charge is 2.37. The number of carbonyl (C=O) groups excluding carboxylic acids is 1. The van der Waals surface area contributed by atoms with E-state index in [1.54, 1.807) is 39.0 Å². The second kappa shape index (κ2) is 7.22. The average Bonchev–Trinajstić information content (AvgIpc) is 2.57. The van der Waals surface area contributed by atoms with Crippen molar-refractivity contribution in [2.75, 3.05) is 4.31 Å². The van der Waals surface area contributed by atoms with Gasteiger partial charge >= 0.3 is 0 Å². The molecule has 0 saturated heterocycles. The van der Waals surface area contributed by atoms with Crippen LogP contribution in [0, 0.1) is 5.82 Å². The second-order valence-electron chi connectivity index (χ2n) is 6.48. The van der Waals surface area contributed by atoms with Crippen LogP contribution in [0.1, 0.15) is 31.1 Å². The van der Waals surface area contributed by atoms with Crippen molar-refractivity contribution in [2.24, 2.45) is 5.84 Å². The van der Waals surface area contributed by atoms with Gasteiger partial charge in [0.25, 0.3) is 15.9 Å². The summed E-state index contributed by atoms with van der Waals surface area (Å²) in [7, 11) is -4.10. The third kappa shape index (κ3) is 3.67. The fourth-order valence-electron chi connectivity index (χ4n) is 2.55. The Hall–Kier alpha value is -2.16. The summed E-state index contributed by atoms with van der Waals surface area (Å²) in [5, 5.41) is -0.321. The van der Waals surface area contributed by atoms with Gasteiger partial charge in [-0.25, -0.2) is 18.7 Å². The lowest BCUT2D eigenvalue weighted by atomic mass is 10.1. The van der Waals surface area contributed by atoms with E-state index in [0.717, 1.165) is 4.31 Å². The molecular formula is C17H19ClFN3O3S. The molecule has 2 rings (SSSR count). The molecule has 0 aliphatic carbocycles. The number of benzene rings is 2. The molecule has 0 atom stereocenters. The lowest BCUT2D eigenvalue weighted by molar-refractivity contribution is 0.0950. The van der Waals surface area contributed by atoms with E-state index in [9.17, 15) is 17.6 Å². The lowest BCUT2D eigenvalue weighted by Crippen LogP contribution is -2.47. The van der Waals surface area contributed by atoms with E-state index in [1.807, 2.05) is 5.43 Å². The van der Waals surface area contributed by atoms with Crippen molar-refractivity contribution in [3.63, 3.8) is 0 Å². The maximum Gasteiger partial charge on any atom is 0.270 e. The predicted molar refractivity (Wildman–Crippen MR) is 98.9 cm³/mol. The fourth-order valence-corrected chi connectivity index (χ4v) is 4.55. The highest BCUT2D eigenvalue weighted by molar-refractivity contribution is 7.93. The zero-order valence-corrected chi connectivity index (χ0v) is 16.0. The molecule has 0 aromatic heterocycles. The summed E-state index contributed by atoms with van der Waals surface area (Å²) >= 11 is 5.77. The van der Waals surface area contributed by atoms with Crippen molar-refractivity contribution in [1.29, 1.82) is 0 Å². The summed E-state index contributed by atoms with van der Waals surface area (Å²) in [4.78, 5) is 12.2. The van der Waals surface area contributed by atoms with Gasteiger partial charge in [0.1, 0.15) is 5.56 Å². The van der Waals surface area contributed by atoms with Crippen LogP contribution in [-0.2, 0) is 10.0 Å². The Kier molecular flexibility index (Phi) is 5.60. The number of sulfonamides is 1. The number of hydrogen-bond acceptors (Lipinski definition) is 4. The molecule has 140 valence electrons. The second-order valence-corrected chi connectivity index (χ2v) is 8.68. The van der Waals surface area contributed by atoms with Crippen LogP contribution in [-0.4, -0.2) is 19.9 Å². The van der Waals surface area contributed by atoms with Gasteiger partial charge in [0.15, 0.2) is 5.82 Å². The van der Waals surface area contributed by atoms with Gasteiger partial charge in [-0.2, -0.15) is 0 Å². The van der Waals surface area contributed by atoms with Gasteiger partial charge in [0.05, 0.1) is 15.6 Å². The number of nitrogens with zero attached hydrogens (tertiary/aromatic N) is 1. The molecule has 2 aromatic rings. The van der Waals surface area contributed by atoms with Crippen LogP contribution in [0.2, 0.25) is 5.02 Å². The highest BCUT2D eigenvalue weighted by atomic mass is 35.5. The molecular weight excluding hydrogens is 381 g/mol. The Balaban J connectivity index is 2.83. The number of anilines is 1. The summed E-state index contributed by atoms with van der Waals surface area (Å²) in [6.07, 6.45) is 0. The Morgan fingerprint density at radius 1 is 1.15 bits per heavy atom. The Bertz CT molecular complexity index is 928. The van der Waals surface area contributed by atoms with E-state index in [2.05, 4.69) is 0 Å². The van der Waals surface area contributed by atoms with E-state index in [4.69, 9.17) is 17.4 Å². The molecule has 0 aliphatic rings. The SMILES string of the molecule is CC(C)(C)N(c1ccc(Cl)c(F)c1C(=O)NN)S(=O)(=O)c1ccccc1. The number of nitrogens with one attached hydrogen (secondary N) is 1. The predicted octanol–water partition coefficient (Wildman–Crippen LogP) is 3.08. The summed E-state index contributed by atoms with van der Waals surface area (Å²) in [6.45, 7) is 4.89. The van der Waals surface area contributed by atoms with Gasteiger partial charge in [-0.3, -0.25) is 14.5 Å². The van der Waals surface area contributed by atoms with E-state index in [1.165, 1.54) is 24.3 Å². The number of amides is 1. The molecule has 0 fully saturated rings. The van der Waals surface area contributed by atoms with Crippen LogP contribution < -0.4 is 15.6 Å². The Morgan fingerprint density at radius 3 is 2.23 bits per heavy atom. The van der Waals surface area contributed by atoms with Crippen molar-refractivity contribution in [3.05, 3.63) is 58.9 Å². The standard InChI is InChI=1S/C17H19ClFN3O3S/c1-17(2,3)22(26(24,25)11-7-5-4-6-8-11)13-10-9-12(18)15(19)14(13)16(23)21-20/h4-10H,20H2,1-3H3,(H,21,23).